The highest BCUT2D eigenvalue weighted by molar-refractivity contribution is 6.34. The second-order valence-electron chi connectivity index (χ2n) is 4.93. The van der Waals surface area contributed by atoms with Crippen molar-refractivity contribution in [3.05, 3.63) is 28.3 Å². The largest absolute Gasteiger partial charge is 0.353 e. The Kier molecular flexibility index (Phi) is 2.33. The van der Waals surface area contributed by atoms with Gasteiger partial charge in [-0.25, -0.2) is 0 Å². The summed E-state index contributed by atoms with van der Waals surface area (Å²) in [6.07, 6.45) is 0.769. The number of rotatable bonds is 0. The maximum absolute atomic E-state index is 11.9. The maximum atomic E-state index is 11.9. The van der Waals surface area contributed by atoms with E-state index in [2.05, 4.69) is 23.2 Å². The van der Waals surface area contributed by atoms with Gasteiger partial charge < -0.3 is 10.2 Å². The molecule has 0 radical (unpaired) electrons. The lowest BCUT2D eigenvalue weighted by atomic mass is 10.1. The summed E-state index contributed by atoms with van der Waals surface area (Å²) >= 11 is 6.40. The zero-order valence-electron chi connectivity index (χ0n) is 9.96. The summed E-state index contributed by atoms with van der Waals surface area (Å²) in [7, 11) is 0. The Bertz CT molecular complexity index is 500. The fraction of sp³-hybridized carbons (Fsp3) is 0.462. The molecule has 1 amide bonds. The molecule has 0 aromatic heterocycles. The van der Waals surface area contributed by atoms with Gasteiger partial charge in [-0.2, -0.15) is 0 Å². The van der Waals surface area contributed by atoms with Gasteiger partial charge in [0.15, 0.2) is 0 Å². The van der Waals surface area contributed by atoms with Crippen LogP contribution in [0.15, 0.2) is 12.1 Å². The van der Waals surface area contributed by atoms with E-state index in [1.807, 2.05) is 13.0 Å². The molecule has 4 heteroatoms. The molecule has 17 heavy (non-hydrogen) atoms. The lowest BCUT2D eigenvalue weighted by Crippen LogP contribution is -2.58. The molecule has 0 saturated carbocycles. The zero-order valence-corrected chi connectivity index (χ0v) is 10.7. The number of halogens is 1. The number of nitrogens with zero attached hydrogens (tertiary/aromatic N) is 1. The van der Waals surface area contributed by atoms with Crippen molar-refractivity contribution in [1.29, 1.82) is 0 Å². The normalized spacial score (nSPS) is 26.5. The van der Waals surface area contributed by atoms with E-state index in [1.165, 1.54) is 5.56 Å². The van der Waals surface area contributed by atoms with E-state index in [0.29, 0.717) is 12.6 Å². The average molecular weight is 251 g/mol. The molecule has 1 saturated heterocycles. The van der Waals surface area contributed by atoms with Crippen LogP contribution in [0.5, 0.6) is 0 Å². The van der Waals surface area contributed by atoms with Gasteiger partial charge in [-0.15, -0.1) is 0 Å². The van der Waals surface area contributed by atoms with Crippen molar-refractivity contribution >= 4 is 23.2 Å². The third-order valence-corrected chi connectivity index (χ3v) is 4.23. The molecule has 2 heterocycles. The Labute approximate surface area is 106 Å². The lowest BCUT2D eigenvalue weighted by molar-refractivity contribution is -0.123. The first kappa shape index (κ1) is 10.9. The van der Waals surface area contributed by atoms with Crippen molar-refractivity contribution in [2.75, 3.05) is 11.4 Å². The predicted molar refractivity (Wildman–Crippen MR) is 68.6 cm³/mol. The fourth-order valence-electron chi connectivity index (χ4n) is 2.82. The van der Waals surface area contributed by atoms with Gasteiger partial charge in [0, 0.05) is 19.0 Å². The standard InChI is InChI=1S/C13H15ClN2O/c1-7-3-4-9-5-10-13(17)15-6-8(2)16(10)12(9)11(7)14/h3-4,8,10H,5-6H2,1-2H3,(H,15,17)/t8-,10+/m1/s1. The number of carbonyl (C=O) groups excluding carboxylic acids is 1. The molecule has 3 nitrogen and oxygen atoms in total. The number of amides is 1. The van der Waals surface area contributed by atoms with Crippen molar-refractivity contribution in [2.24, 2.45) is 0 Å². The number of piperazine rings is 1. The Morgan fingerprint density at radius 2 is 2.24 bits per heavy atom. The minimum Gasteiger partial charge on any atom is -0.353 e. The summed E-state index contributed by atoms with van der Waals surface area (Å²) in [5, 5.41) is 3.75. The van der Waals surface area contributed by atoms with Crippen LogP contribution in [0.3, 0.4) is 0 Å². The Morgan fingerprint density at radius 3 is 3.00 bits per heavy atom. The van der Waals surface area contributed by atoms with Crippen LogP contribution in [0, 0.1) is 6.92 Å². The van der Waals surface area contributed by atoms with Crippen molar-refractivity contribution in [3.63, 3.8) is 0 Å². The summed E-state index contributed by atoms with van der Waals surface area (Å²) in [5.74, 6) is 0.119. The highest BCUT2D eigenvalue weighted by Crippen LogP contribution is 2.42. The van der Waals surface area contributed by atoms with Gasteiger partial charge in [0.2, 0.25) is 5.91 Å². The third-order valence-electron chi connectivity index (χ3n) is 3.75. The van der Waals surface area contributed by atoms with Gasteiger partial charge in [-0.1, -0.05) is 23.7 Å². The minimum atomic E-state index is -0.0759. The summed E-state index contributed by atoms with van der Waals surface area (Å²) < 4.78 is 0. The number of aryl methyl sites for hydroxylation is 1. The van der Waals surface area contributed by atoms with Gasteiger partial charge in [-0.05, 0) is 25.0 Å². The van der Waals surface area contributed by atoms with Crippen LogP contribution < -0.4 is 10.2 Å². The molecule has 0 unspecified atom stereocenters. The van der Waals surface area contributed by atoms with E-state index in [1.54, 1.807) is 0 Å². The molecular formula is C13H15ClN2O. The highest BCUT2D eigenvalue weighted by atomic mass is 35.5. The van der Waals surface area contributed by atoms with E-state index in [9.17, 15) is 4.79 Å². The number of hydrogen-bond donors (Lipinski definition) is 1. The molecule has 2 aliphatic rings. The van der Waals surface area contributed by atoms with Crippen LogP contribution in [0.25, 0.3) is 0 Å². The second-order valence-corrected chi connectivity index (χ2v) is 5.30. The first-order chi connectivity index (χ1) is 8.09. The smallest absolute Gasteiger partial charge is 0.243 e. The van der Waals surface area contributed by atoms with Crippen molar-refractivity contribution < 1.29 is 4.79 Å². The predicted octanol–water partition coefficient (Wildman–Crippen LogP) is 1.90. The third kappa shape index (κ3) is 1.45. The van der Waals surface area contributed by atoms with E-state index in [-0.39, 0.29) is 11.9 Å². The first-order valence-electron chi connectivity index (χ1n) is 5.93. The lowest BCUT2D eigenvalue weighted by Gasteiger charge is -2.37. The average Bonchev–Trinajstić information content (AvgIpc) is 2.70. The topological polar surface area (TPSA) is 32.3 Å². The van der Waals surface area contributed by atoms with Gasteiger partial charge in [0.05, 0.1) is 10.7 Å². The van der Waals surface area contributed by atoms with Crippen LogP contribution in [-0.4, -0.2) is 24.5 Å². The van der Waals surface area contributed by atoms with Crippen molar-refractivity contribution in [2.45, 2.75) is 32.4 Å². The molecule has 0 aliphatic carbocycles. The Morgan fingerprint density at radius 1 is 1.47 bits per heavy atom. The summed E-state index contributed by atoms with van der Waals surface area (Å²) in [4.78, 5) is 14.1. The monoisotopic (exact) mass is 250 g/mol. The fourth-order valence-corrected chi connectivity index (χ4v) is 3.10. The molecule has 0 spiro atoms. The number of nitrogens with one attached hydrogen (secondary N) is 1. The molecule has 0 bridgehead atoms. The number of fused-ring (bicyclic) bond motifs is 3. The summed E-state index contributed by atoms with van der Waals surface area (Å²) in [5.41, 5.74) is 3.33. The van der Waals surface area contributed by atoms with E-state index >= 15 is 0 Å². The maximum Gasteiger partial charge on any atom is 0.243 e. The Hall–Kier alpha value is -1.22. The Balaban J connectivity index is 2.14. The van der Waals surface area contributed by atoms with Crippen molar-refractivity contribution in [1.82, 2.24) is 5.32 Å². The molecule has 90 valence electrons. The minimum absolute atomic E-state index is 0.0759. The van der Waals surface area contributed by atoms with Crippen LogP contribution in [0.4, 0.5) is 5.69 Å². The molecule has 1 aromatic carbocycles. The van der Waals surface area contributed by atoms with Crippen molar-refractivity contribution in [3.8, 4) is 0 Å². The molecule has 2 aliphatic heterocycles. The SMILES string of the molecule is Cc1ccc2c(c1Cl)N1[C@H](C)CNC(=O)[C@@H]1C2. The molecule has 3 rings (SSSR count). The molecular weight excluding hydrogens is 236 g/mol. The van der Waals surface area contributed by atoms with Gasteiger partial charge >= 0.3 is 0 Å². The van der Waals surface area contributed by atoms with E-state index in [0.717, 1.165) is 22.7 Å². The van der Waals surface area contributed by atoms with Crippen LogP contribution in [-0.2, 0) is 11.2 Å². The van der Waals surface area contributed by atoms with Crippen LogP contribution >= 0.6 is 11.6 Å². The number of benzene rings is 1. The summed E-state index contributed by atoms with van der Waals surface area (Å²) in [6.45, 7) is 4.82. The van der Waals surface area contributed by atoms with E-state index in [4.69, 9.17) is 11.6 Å². The van der Waals surface area contributed by atoms with Gasteiger partial charge in [0.25, 0.3) is 0 Å². The summed E-state index contributed by atoms with van der Waals surface area (Å²) in [6, 6.07) is 4.35. The van der Waals surface area contributed by atoms with E-state index < -0.39 is 0 Å². The van der Waals surface area contributed by atoms with Crippen LogP contribution in [0.2, 0.25) is 5.02 Å². The molecule has 1 fully saturated rings. The zero-order chi connectivity index (χ0) is 12.2. The second kappa shape index (κ2) is 3.64. The van der Waals surface area contributed by atoms with Gasteiger partial charge in [0.1, 0.15) is 6.04 Å². The molecule has 2 atom stereocenters. The number of carbonyl (C=O) groups is 1. The molecule has 1 N–H and O–H groups in total. The first-order valence-corrected chi connectivity index (χ1v) is 6.31. The number of anilines is 1. The molecule has 1 aromatic rings. The number of hydrogen-bond acceptors (Lipinski definition) is 2. The highest BCUT2D eigenvalue weighted by Gasteiger charge is 2.41. The van der Waals surface area contributed by atoms with Gasteiger partial charge in [-0.3, -0.25) is 4.79 Å². The van der Waals surface area contributed by atoms with Crippen LogP contribution in [0.1, 0.15) is 18.1 Å². The quantitative estimate of drug-likeness (QED) is 0.763.